The molecule has 26 heavy (non-hydrogen) atoms. The first-order valence-corrected chi connectivity index (χ1v) is 9.14. The molecule has 0 bridgehead atoms. The molecule has 0 atom stereocenters. The van der Waals surface area contributed by atoms with Gasteiger partial charge in [0.1, 0.15) is 5.82 Å². The minimum atomic E-state index is -0.319. The molecule has 0 saturated carbocycles. The van der Waals surface area contributed by atoms with Crippen LogP contribution in [0.4, 0.5) is 0 Å². The second-order valence-corrected chi connectivity index (χ2v) is 7.91. The number of nitrogens with zero attached hydrogens (tertiary/aromatic N) is 3. The molecule has 5 heteroatoms. The molecule has 1 heterocycles. The lowest BCUT2D eigenvalue weighted by Gasteiger charge is -2.20. The first kappa shape index (κ1) is 18.3. The summed E-state index contributed by atoms with van der Waals surface area (Å²) in [6, 6.07) is 15.5. The van der Waals surface area contributed by atoms with Gasteiger partial charge in [-0.15, -0.1) is 0 Å². The third-order valence-electron chi connectivity index (χ3n) is 3.84. The number of hydrogen-bond acceptors (Lipinski definition) is 3. The molecule has 1 aromatic heterocycles. The lowest BCUT2D eigenvalue weighted by atomic mass is 9.95. The van der Waals surface area contributed by atoms with Gasteiger partial charge < -0.3 is 0 Å². The molecule has 0 N–H and O–H groups in total. The zero-order valence-electron chi connectivity index (χ0n) is 15.0. The normalized spacial score (nSPS) is 12.5. The van der Waals surface area contributed by atoms with Crippen molar-refractivity contribution in [2.45, 2.75) is 26.2 Å². The number of rotatable bonds is 3. The van der Waals surface area contributed by atoms with Crippen molar-refractivity contribution in [3.8, 4) is 0 Å². The summed E-state index contributed by atoms with van der Waals surface area (Å²) in [6.45, 7) is 6.06. The molecule has 2 aromatic carbocycles. The van der Waals surface area contributed by atoms with Crippen LogP contribution in [-0.4, -0.2) is 15.9 Å². The van der Waals surface area contributed by atoms with Crippen molar-refractivity contribution in [1.29, 1.82) is 0 Å². The number of halogens is 1. The summed E-state index contributed by atoms with van der Waals surface area (Å²) >= 11 is 3.41. The third-order valence-corrected chi connectivity index (χ3v) is 4.33. The van der Waals surface area contributed by atoms with E-state index in [2.05, 4.69) is 26.0 Å². The fourth-order valence-electron chi connectivity index (χ4n) is 2.56. The van der Waals surface area contributed by atoms with E-state index < -0.39 is 0 Å². The van der Waals surface area contributed by atoms with Crippen LogP contribution in [0.2, 0.25) is 0 Å². The minimum absolute atomic E-state index is 0.175. The molecule has 3 rings (SSSR count). The summed E-state index contributed by atoms with van der Waals surface area (Å²) in [5, 5.41) is 4.92. The van der Waals surface area contributed by atoms with Gasteiger partial charge >= 0.3 is 0 Å². The van der Waals surface area contributed by atoms with E-state index in [0.29, 0.717) is 16.7 Å². The van der Waals surface area contributed by atoms with E-state index >= 15 is 0 Å². The number of benzene rings is 2. The average Bonchev–Trinajstić information content (AvgIpc) is 2.60. The van der Waals surface area contributed by atoms with Crippen molar-refractivity contribution in [2.75, 3.05) is 0 Å². The molecular weight excluding hydrogens is 390 g/mol. The zero-order valence-corrected chi connectivity index (χ0v) is 16.6. The Labute approximate surface area is 161 Å². The van der Waals surface area contributed by atoms with E-state index in [4.69, 9.17) is 0 Å². The van der Waals surface area contributed by atoms with Crippen molar-refractivity contribution >= 4 is 39.1 Å². The quantitative estimate of drug-likeness (QED) is 0.571. The lowest BCUT2D eigenvalue weighted by Crippen LogP contribution is -2.29. The van der Waals surface area contributed by atoms with E-state index in [-0.39, 0.29) is 11.0 Å². The predicted octanol–water partition coefficient (Wildman–Crippen LogP) is 5.00. The van der Waals surface area contributed by atoms with Crippen LogP contribution in [0.1, 0.15) is 32.2 Å². The van der Waals surface area contributed by atoms with E-state index in [1.807, 2.05) is 75.4 Å². The molecule has 0 unspecified atom stereocenters. The largest absolute Gasteiger partial charge is 0.282 e. The van der Waals surface area contributed by atoms with Crippen LogP contribution in [0.25, 0.3) is 17.0 Å². The smallest absolute Gasteiger partial charge is 0.267 e. The summed E-state index contributed by atoms with van der Waals surface area (Å²) in [4.78, 5) is 17.7. The summed E-state index contributed by atoms with van der Waals surface area (Å²) in [6.07, 6.45) is 5.38. The van der Waals surface area contributed by atoms with Gasteiger partial charge in [0.05, 0.1) is 10.9 Å². The Kier molecular flexibility index (Phi) is 5.18. The highest BCUT2D eigenvalue weighted by molar-refractivity contribution is 9.10. The van der Waals surface area contributed by atoms with Gasteiger partial charge in [0.2, 0.25) is 0 Å². The third kappa shape index (κ3) is 3.99. The first-order chi connectivity index (χ1) is 12.4. The molecule has 0 amide bonds. The van der Waals surface area contributed by atoms with E-state index in [1.165, 1.54) is 4.68 Å². The maximum atomic E-state index is 13.0. The second-order valence-electron chi connectivity index (χ2n) is 7.00. The number of aromatic nitrogens is 2. The molecule has 132 valence electrons. The summed E-state index contributed by atoms with van der Waals surface area (Å²) in [7, 11) is 0. The molecule has 4 nitrogen and oxygen atoms in total. The van der Waals surface area contributed by atoms with E-state index in [9.17, 15) is 4.79 Å². The van der Waals surface area contributed by atoms with Crippen molar-refractivity contribution in [3.63, 3.8) is 0 Å². The fourth-order valence-corrected chi connectivity index (χ4v) is 2.93. The van der Waals surface area contributed by atoms with Gasteiger partial charge in [0, 0.05) is 16.1 Å². The molecule has 0 aliphatic heterocycles. The molecule has 3 aromatic rings. The van der Waals surface area contributed by atoms with Gasteiger partial charge in [0.25, 0.3) is 5.56 Å². The van der Waals surface area contributed by atoms with Crippen molar-refractivity contribution < 1.29 is 0 Å². The number of fused-ring (bicyclic) bond motifs is 1. The lowest BCUT2D eigenvalue weighted by molar-refractivity contribution is 0.506. The van der Waals surface area contributed by atoms with Gasteiger partial charge in [0.15, 0.2) is 0 Å². The highest BCUT2D eigenvalue weighted by Crippen LogP contribution is 2.22. The first-order valence-electron chi connectivity index (χ1n) is 8.35. The van der Waals surface area contributed by atoms with Crippen LogP contribution in [0.3, 0.4) is 0 Å². The van der Waals surface area contributed by atoms with Crippen LogP contribution in [0.5, 0.6) is 0 Å². The monoisotopic (exact) mass is 409 g/mol. The topological polar surface area (TPSA) is 47.2 Å². The Morgan fingerprint density at radius 1 is 1.12 bits per heavy atom. The summed E-state index contributed by atoms with van der Waals surface area (Å²) in [5.74, 6) is 0.627. The number of allylic oxidation sites excluding steroid dienone is 1. The van der Waals surface area contributed by atoms with Crippen molar-refractivity contribution in [2.24, 2.45) is 5.10 Å². The highest BCUT2D eigenvalue weighted by Gasteiger charge is 2.22. The van der Waals surface area contributed by atoms with Gasteiger partial charge in [-0.1, -0.05) is 73.1 Å². The van der Waals surface area contributed by atoms with Crippen LogP contribution >= 0.6 is 15.9 Å². The second kappa shape index (κ2) is 7.38. The van der Waals surface area contributed by atoms with Crippen LogP contribution < -0.4 is 5.56 Å². The van der Waals surface area contributed by atoms with Gasteiger partial charge in [-0.05, 0) is 29.8 Å². The van der Waals surface area contributed by atoms with Crippen LogP contribution in [-0.2, 0) is 5.41 Å². The standard InChI is InChI=1S/C21H20BrN3O/c1-21(2,3)20-24-18-12-11-16(22)14-17(18)19(26)25(20)23-13-7-10-15-8-5-4-6-9-15/h4-14H,1-3H3/b10-7+,23-13?. The molecule has 0 aliphatic carbocycles. The Morgan fingerprint density at radius 2 is 1.85 bits per heavy atom. The Balaban J connectivity index is 2.08. The van der Waals surface area contributed by atoms with Crippen molar-refractivity contribution in [3.05, 3.63) is 80.8 Å². The maximum Gasteiger partial charge on any atom is 0.282 e. The van der Waals surface area contributed by atoms with Crippen LogP contribution in [0, 0.1) is 0 Å². The fraction of sp³-hybridized carbons (Fsp3) is 0.190. The van der Waals surface area contributed by atoms with E-state index in [1.54, 1.807) is 12.3 Å². The van der Waals surface area contributed by atoms with E-state index in [0.717, 1.165) is 10.0 Å². The van der Waals surface area contributed by atoms with Gasteiger partial charge in [-0.2, -0.15) is 9.78 Å². The molecule has 0 aliphatic rings. The summed E-state index contributed by atoms with van der Waals surface area (Å²) in [5.41, 5.74) is 1.25. The summed E-state index contributed by atoms with van der Waals surface area (Å²) < 4.78 is 2.23. The zero-order chi connectivity index (χ0) is 18.7. The highest BCUT2D eigenvalue weighted by atomic mass is 79.9. The average molecular weight is 410 g/mol. The molecule has 0 spiro atoms. The predicted molar refractivity (Wildman–Crippen MR) is 112 cm³/mol. The minimum Gasteiger partial charge on any atom is -0.267 e. The molecular formula is C21H20BrN3O. The Morgan fingerprint density at radius 3 is 2.54 bits per heavy atom. The Hall–Kier alpha value is -2.53. The Bertz CT molecular complexity index is 1040. The van der Waals surface area contributed by atoms with Gasteiger partial charge in [-0.25, -0.2) is 4.98 Å². The van der Waals surface area contributed by atoms with Crippen LogP contribution in [0.15, 0.2) is 69.0 Å². The maximum absolute atomic E-state index is 13.0. The SMILES string of the molecule is CC(C)(C)c1nc2ccc(Br)cc2c(=O)n1N=C/C=C/c1ccccc1. The van der Waals surface area contributed by atoms with Gasteiger partial charge in [-0.3, -0.25) is 4.79 Å². The van der Waals surface area contributed by atoms with Crippen molar-refractivity contribution in [1.82, 2.24) is 9.66 Å². The molecule has 0 radical (unpaired) electrons. The molecule has 0 fully saturated rings. The molecule has 0 saturated heterocycles. The number of hydrogen-bond donors (Lipinski definition) is 0.